The Balaban J connectivity index is 1.84. The number of aryl methyl sites for hydroxylation is 1. The molecule has 29 heavy (non-hydrogen) atoms. The van der Waals surface area contributed by atoms with Crippen molar-refractivity contribution < 1.29 is 14.3 Å². The highest BCUT2D eigenvalue weighted by atomic mass is 16.5. The first kappa shape index (κ1) is 19.6. The van der Waals surface area contributed by atoms with Crippen molar-refractivity contribution in [2.75, 3.05) is 24.9 Å². The molecule has 0 aliphatic rings. The van der Waals surface area contributed by atoms with E-state index in [1.807, 2.05) is 6.07 Å². The van der Waals surface area contributed by atoms with Crippen molar-refractivity contribution in [1.29, 1.82) is 5.26 Å². The highest BCUT2D eigenvalue weighted by molar-refractivity contribution is 6.03. The molecule has 2 N–H and O–H groups in total. The number of nitrogens with zero attached hydrogens (tertiary/aromatic N) is 3. The van der Waals surface area contributed by atoms with Gasteiger partial charge in [0, 0.05) is 17.8 Å². The summed E-state index contributed by atoms with van der Waals surface area (Å²) in [4.78, 5) is 21.2. The molecule has 3 aromatic rings. The average molecular weight is 389 g/mol. The zero-order chi connectivity index (χ0) is 20.8. The van der Waals surface area contributed by atoms with Gasteiger partial charge < -0.3 is 20.1 Å². The van der Waals surface area contributed by atoms with Gasteiger partial charge in [-0.3, -0.25) is 4.79 Å². The van der Waals surface area contributed by atoms with E-state index in [4.69, 9.17) is 14.7 Å². The molecule has 146 valence electrons. The van der Waals surface area contributed by atoms with Crippen molar-refractivity contribution in [1.82, 2.24) is 9.97 Å². The summed E-state index contributed by atoms with van der Waals surface area (Å²) < 4.78 is 10.6. The van der Waals surface area contributed by atoms with E-state index in [2.05, 4.69) is 20.6 Å². The van der Waals surface area contributed by atoms with Gasteiger partial charge in [0.15, 0.2) is 0 Å². The summed E-state index contributed by atoms with van der Waals surface area (Å²) in [5, 5.41) is 14.8. The van der Waals surface area contributed by atoms with Crippen LogP contribution in [-0.4, -0.2) is 30.1 Å². The molecule has 0 aliphatic carbocycles. The Morgan fingerprint density at radius 3 is 2.45 bits per heavy atom. The standard InChI is InChI=1S/C21H19N5O3/c1-13-23-18(21(27)25-15-6-4-14(12-22)5-7-15)11-20(24-13)26-17-10-16(28-2)8-9-19(17)29-3/h4-11H,1-3H3,(H,25,27)(H,23,24,26). The number of carbonyl (C=O) groups is 1. The summed E-state index contributed by atoms with van der Waals surface area (Å²) >= 11 is 0. The summed E-state index contributed by atoms with van der Waals surface area (Å²) in [7, 11) is 3.14. The zero-order valence-corrected chi connectivity index (χ0v) is 16.2. The minimum atomic E-state index is -0.388. The third kappa shape index (κ3) is 4.78. The van der Waals surface area contributed by atoms with Crippen molar-refractivity contribution in [2.45, 2.75) is 6.92 Å². The fourth-order valence-electron chi connectivity index (χ4n) is 2.62. The number of ether oxygens (including phenoxy) is 2. The fourth-order valence-corrected chi connectivity index (χ4v) is 2.62. The summed E-state index contributed by atoms with van der Waals surface area (Å²) in [5.41, 5.74) is 1.92. The second-order valence-electron chi connectivity index (χ2n) is 6.02. The molecule has 0 saturated heterocycles. The number of hydrogen-bond donors (Lipinski definition) is 2. The van der Waals surface area contributed by atoms with E-state index in [0.29, 0.717) is 40.1 Å². The van der Waals surface area contributed by atoms with E-state index in [0.717, 1.165) is 0 Å². The molecule has 0 radical (unpaired) electrons. The van der Waals surface area contributed by atoms with E-state index in [9.17, 15) is 4.79 Å². The third-order valence-electron chi connectivity index (χ3n) is 4.01. The molecule has 1 aromatic heterocycles. The molecule has 0 fully saturated rings. The van der Waals surface area contributed by atoms with E-state index in [1.165, 1.54) is 0 Å². The number of aromatic nitrogens is 2. The lowest BCUT2D eigenvalue weighted by atomic mass is 10.2. The molecule has 1 heterocycles. The monoisotopic (exact) mass is 389 g/mol. The number of nitriles is 1. The first-order valence-corrected chi connectivity index (χ1v) is 8.68. The molecule has 8 nitrogen and oxygen atoms in total. The molecule has 1 amide bonds. The first-order valence-electron chi connectivity index (χ1n) is 8.68. The maximum absolute atomic E-state index is 12.6. The minimum absolute atomic E-state index is 0.200. The highest BCUT2D eigenvalue weighted by Gasteiger charge is 2.13. The van der Waals surface area contributed by atoms with Gasteiger partial charge in [0.05, 0.1) is 31.5 Å². The second kappa shape index (κ2) is 8.71. The fraction of sp³-hybridized carbons (Fsp3) is 0.143. The maximum atomic E-state index is 12.6. The number of amides is 1. The third-order valence-corrected chi connectivity index (χ3v) is 4.01. The predicted octanol–water partition coefficient (Wildman–Crippen LogP) is 3.67. The van der Waals surface area contributed by atoms with Crippen LogP contribution in [0.1, 0.15) is 21.9 Å². The van der Waals surface area contributed by atoms with E-state index >= 15 is 0 Å². The summed E-state index contributed by atoms with van der Waals surface area (Å²) in [6, 6.07) is 15.5. The van der Waals surface area contributed by atoms with Gasteiger partial charge in [0.25, 0.3) is 5.91 Å². The predicted molar refractivity (Wildman–Crippen MR) is 109 cm³/mol. The van der Waals surface area contributed by atoms with Gasteiger partial charge >= 0.3 is 0 Å². The molecule has 3 rings (SSSR count). The van der Waals surface area contributed by atoms with Crippen molar-refractivity contribution >= 4 is 23.1 Å². The van der Waals surface area contributed by atoms with Crippen LogP contribution in [0.5, 0.6) is 11.5 Å². The maximum Gasteiger partial charge on any atom is 0.274 e. The second-order valence-corrected chi connectivity index (χ2v) is 6.02. The van der Waals surface area contributed by atoms with Crippen LogP contribution in [0.15, 0.2) is 48.5 Å². The topological polar surface area (TPSA) is 109 Å². The molecule has 8 heteroatoms. The molecular formula is C21H19N5O3. The summed E-state index contributed by atoms with van der Waals surface area (Å²) in [5.74, 6) is 1.74. The smallest absolute Gasteiger partial charge is 0.274 e. The van der Waals surface area contributed by atoms with Crippen LogP contribution in [0.3, 0.4) is 0 Å². The minimum Gasteiger partial charge on any atom is -0.497 e. The molecule has 0 spiro atoms. The van der Waals surface area contributed by atoms with Gasteiger partial charge in [-0.25, -0.2) is 9.97 Å². The quantitative estimate of drug-likeness (QED) is 0.662. The number of anilines is 3. The van der Waals surface area contributed by atoms with E-state index < -0.39 is 0 Å². The van der Waals surface area contributed by atoms with Gasteiger partial charge in [0.1, 0.15) is 28.8 Å². The lowest BCUT2D eigenvalue weighted by Crippen LogP contribution is -2.15. The van der Waals surface area contributed by atoms with Gasteiger partial charge in [-0.2, -0.15) is 5.26 Å². The highest BCUT2D eigenvalue weighted by Crippen LogP contribution is 2.31. The van der Waals surface area contributed by atoms with Crippen LogP contribution < -0.4 is 20.1 Å². The molecular weight excluding hydrogens is 370 g/mol. The van der Waals surface area contributed by atoms with E-state index in [1.54, 1.807) is 69.7 Å². The van der Waals surface area contributed by atoms with Crippen molar-refractivity contribution in [3.63, 3.8) is 0 Å². The van der Waals surface area contributed by atoms with Crippen LogP contribution in [0.2, 0.25) is 0 Å². The lowest BCUT2D eigenvalue weighted by molar-refractivity contribution is 0.102. The van der Waals surface area contributed by atoms with Gasteiger partial charge in [-0.1, -0.05) is 0 Å². The van der Waals surface area contributed by atoms with Crippen LogP contribution in [-0.2, 0) is 0 Å². The largest absolute Gasteiger partial charge is 0.497 e. The van der Waals surface area contributed by atoms with Crippen LogP contribution in [0, 0.1) is 18.3 Å². The normalized spacial score (nSPS) is 10.0. The lowest BCUT2D eigenvalue weighted by Gasteiger charge is -2.13. The van der Waals surface area contributed by atoms with Crippen LogP contribution in [0.4, 0.5) is 17.2 Å². The van der Waals surface area contributed by atoms with Gasteiger partial charge in [-0.15, -0.1) is 0 Å². The summed E-state index contributed by atoms with van der Waals surface area (Å²) in [6.45, 7) is 1.70. The number of rotatable bonds is 6. The Kier molecular flexibility index (Phi) is 5.90. The Bertz CT molecular complexity index is 1070. The van der Waals surface area contributed by atoms with Crippen molar-refractivity contribution in [3.05, 3.63) is 65.6 Å². The van der Waals surface area contributed by atoms with Crippen molar-refractivity contribution in [3.8, 4) is 17.6 Å². The Hall–Kier alpha value is -4.12. The number of carbonyl (C=O) groups excluding carboxylic acids is 1. The Morgan fingerprint density at radius 1 is 1.03 bits per heavy atom. The number of methoxy groups -OCH3 is 2. The number of hydrogen-bond acceptors (Lipinski definition) is 7. The van der Waals surface area contributed by atoms with Crippen LogP contribution >= 0.6 is 0 Å². The molecule has 0 saturated carbocycles. The van der Waals surface area contributed by atoms with Gasteiger partial charge in [0.2, 0.25) is 0 Å². The van der Waals surface area contributed by atoms with Crippen molar-refractivity contribution in [2.24, 2.45) is 0 Å². The number of benzene rings is 2. The molecule has 0 bridgehead atoms. The molecule has 0 atom stereocenters. The average Bonchev–Trinajstić information content (AvgIpc) is 2.73. The summed E-state index contributed by atoms with van der Waals surface area (Å²) in [6.07, 6.45) is 0. The SMILES string of the molecule is COc1ccc(OC)c(Nc2cc(C(=O)Nc3ccc(C#N)cc3)nc(C)n2)c1. The Labute approximate surface area is 168 Å². The first-order chi connectivity index (χ1) is 14.0. The number of nitrogens with one attached hydrogen (secondary N) is 2. The molecule has 2 aromatic carbocycles. The van der Waals surface area contributed by atoms with Crippen LogP contribution in [0.25, 0.3) is 0 Å². The van der Waals surface area contributed by atoms with E-state index in [-0.39, 0.29) is 11.6 Å². The van der Waals surface area contributed by atoms with Gasteiger partial charge in [-0.05, 0) is 43.3 Å². The zero-order valence-electron chi connectivity index (χ0n) is 16.2. The molecule has 0 aliphatic heterocycles. The Morgan fingerprint density at radius 2 is 1.79 bits per heavy atom. The molecule has 0 unspecified atom stereocenters.